The van der Waals surface area contributed by atoms with Gasteiger partial charge in [0.05, 0.1) is 19.0 Å². The number of nitrogens with zero attached hydrogens (tertiary/aromatic N) is 1. The number of fused-ring (bicyclic) bond motifs is 1. The number of carbonyl (C=O) groups is 2. The van der Waals surface area contributed by atoms with E-state index in [1.165, 1.54) is 11.3 Å². The van der Waals surface area contributed by atoms with Crippen LogP contribution in [0.25, 0.3) is 10.1 Å². The number of carbonyl (C=O) groups excluding carboxylic acids is 1. The number of halogens is 1. The van der Waals surface area contributed by atoms with Crippen LogP contribution >= 0.6 is 22.9 Å². The number of carboxylic acid groups (broad SMARTS) is 1. The fourth-order valence-corrected chi connectivity index (χ4v) is 4.32. The van der Waals surface area contributed by atoms with Crippen molar-refractivity contribution in [1.82, 2.24) is 4.90 Å². The van der Waals surface area contributed by atoms with Crippen molar-refractivity contribution in [2.24, 2.45) is 0 Å². The summed E-state index contributed by atoms with van der Waals surface area (Å²) in [4.78, 5) is 23.8. The van der Waals surface area contributed by atoms with Gasteiger partial charge in [-0.2, -0.15) is 0 Å². The fraction of sp³-hybridized carbons (Fsp3) is 0.364. The minimum absolute atomic E-state index is 0.00674. The molecule has 1 unspecified atom stereocenters. The number of hydrogen-bond acceptors (Lipinski definition) is 5. The Balaban J connectivity index is 1.45. The van der Waals surface area contributed by atoms with E-state index < -0.39 is 12.1 Å². The number of rotatable bonds is 9. The summed E-state index contributed by atoms with van der Waals surface area (Å²) in [5.74, 6) is 4.96. The summed E-state index contributed by atoms with van der Waals surface area (Å²) in [6, 6.07) is 7.63. The van der Waals surface area contributed by atoms with Crippen molar-refractivity contribution < 1.29 is 24.5 Å². The summed E-state index contributed by atoms with van der Waals surface area (Å²) in [6.07, 6.45) is 4.04. The van der Waals surface area contributed by atoms with Crippen LogP contribution in [0.15, 0.2) is 36.4 Å². The molecule has 2 heterocycles. The molecule has 1 fully saturated rings. The maximum Gasteiger partial charge on any atom is 0.303 e. The van der Waals surface area contributed by atoms with Crippen molar-refractivity contribution in [2.75, 3.05) is 13.2 Å². The van der Waals surface area contributed by atoms with Crippen LogP contribution in [0.4, 0.5) is 0 Å². The van der Waals surface area contributed by atoms with E-state index in [4.69, 9.17) is 21.4 Å². The number of amides is 1. The largest absolute Gasteiger partial charge is 0.481 e. The number of thiophene rings is 1. The predicted octanol–water partition coefficient (Wildman–Crippen LogP) is 3.71. The lowest BCUT2D eigenvalue weighted by Crippen LogP contribution is -2.51. The first-order chi connectivity index (χ1) is 14.5. The molecular formula is C22H22ClNO5S. The van der Waals surface area contributed by atoms with Crippen molar-refractivity contribution in [3.8, 4) is 16.9 Å². The molecule has 3 rings (SSSR count). The van der Waals surface area contributed by atoms with Gasteiger partial charge >= 0.3 is 5.97 Å². The maximum atomic E-state index is 11.8. The van der Waals surface area contributed by atoms with Gasteiger partial charge in [0, 0.05) is 22.9 Å². The van der Waals surface area contributed by atoms with E-state index in [2.05, 4.69) is 11.8 Å². The number of ether oxygens (including phenoxy) is 1. The minimum atomic E-state index is -0.836. The van der Waals surface area contributed by atoms with E-state index in [9.17, 15) is 14.7 Å². The van der Waals surface area contributed by atoms with Gasteiger partial charge in [-0.05, 0) is 12.5 Å². The summed E-state index contributed by atoms with van der Waals surface area (Å²) in [5.41, 5.74) is 0. The number of aliphatic hydroxyl groups is 1. The second-order valence-corrected chi connectivity index (χ2v) is 8.25. The van der Waals surface area contributed by atoms with Gasteiger partial charge in [0.25, 0.3) is 0 Å². The van der Waals surface area contributed by atoms with E-state index in [1.54, 1.807) is 17.1 Å². The third-order valence-corrected chi connectivity index (χ3v) is 6.19. The summed E-state index contributed by atoms with van der Waals surface area (Å²) in [6.45, 7) is 0.359. The fourth-order valence-electron chi connectivity index (χ4n) is 2.97. The molecule has 1 aromatic carbocycles. The molecule has 1 aliphatic rings. The molecule has 1 aromatic heterocycles. The molecule has 0 saturated carbocycles. The van der Waals surface area contributed by atoms with Gasteiger partial charge in [-0.15, -0.1) is 5.92 Å². The number of aliphatic carboxylic acids is 1. The second kappa shape index (κ2) is 10.5. The van der Waals surface area contributed by atoms with Crippen molar-refractivity contribution >= 4 is 44.9 Å². The Kier molecular flexibility index (Phi) is 7.75. The first kappa shape index (κ1) is 22.2. The lowest BCUT2D eigenvalue weighted by Gasteiger charge is -2.37. The monoisotopic (exact) mass is 447 g/mol. The third-order valence-electron chi connectivity index (χ3n) is 4.62. The van der Waals surface area contributed by atoms with Gasteiger partial charge in [-0.1, -0.05) is 59.2 Å². The molecule has 1 aliphatic heterocycles. The molecule has 158 valence electrons. The molecule has 6 nitrogen and oxygen atoms in total. The zero-order chi connectivity index (χ0) is 21.5. The van der Waals surface area contributed by atoms with Crippen molar-refractivity contribution in [3.63, 3.8) is 0 Å². The molecule has 0 radical (unpaired) electrons. The number of unbranched alkanes of at least 4 members (excludes halogenated alkanes) is 1. The third kappa shape index (κ3) is 5.76. The molecule has 1 saturated heterocycles. The number of benzene rings is 1. The smallest absolute Gasteiger partial charge is 0.303 e. The van der Waals surface area contributed by atoms with Crippen LogP contribution in [-0.2, 0) is 9.59 Å². The Hall–Kier alpha value is -2.53. The lowest BCUT2D eigenvalue weighted by molar-refractivity contribution is -0.142. The van der Waals surface area contributed by atoms with Crippen LogP contribution in [0.5, 0.6) is 5.06 Å². The van der Waals surface area contributed by atoms with Crippen LogP contribution < -0.4 is 4.74 Å². The lowest BCUT2D eigenvalue weighted by atomic mass is 10.0. The quantitative estimate of drug-likeness (QED) is 0.265. The number of hydrogen-bond donors (Lipinski definition) is 2. The van der Waals surface area contributed by atoms with E-state index in [-0.39, 0.29) is 25.0 Å². The van der Waals surface area contributed by atoms with E-state index in [0.29, 0.717) is 35.9 Å². The Morgan fingerprint density at radius 1 is 1.40 bits per heavy atom. The van der Waals surface area contributed by atoms with E-state index >= 15 is 0 Å². The topological polar surface area (TPSA) is 87.1 Å². The summed E-state index contributed by atoms with van der Waals surface area (Å²) >= 11 is 7.76. The van der Waals surface area contributed by atoms with Gasteiger partial charge < -0.3 is 19.8 Å². The molecule has 1 amide bonds. The van der Waals surface area contributed by atoms with Crippen LogP contribution in [0.3, 0.4) is 0 Å². The first-order valence-corrected chi connectivity index (χ1v) is 10.8. The van der Waals surface area contributed by atoms with Crippen LogP contribution in [0, 0.1) is 11.8 Å². The van der Waals surface area contributed by atoms with Crippen molar-refractivity contribution in [3.05, 3.63) is 41.4 Å². The first-order valence-electron chi connectivity index (χ1n) is 9.59. The van der Waals surface area contributed by atoms with Gasteiger partial charge in [-0.25, -0.2) is 0 Å². The molecular weight excluding hydrogens is 426 g/mol. The highest BCUT2D eigenvalue weighted by molar-refractivity contribution is 7.21. The number of carboxylic acids is 1. The molecule has 0 bridgehead atoms. The molecule has 30 heavy (non-hydrogen) atoms. The minimum Gasteiger partial charge on any atom is -0.481 e. The highest BCUT2D eigenvalue weighted by Gasteiger charge is 2.33. The average Bonchev–Trinajstić information content (AvgIpc) is 3.04. The van der Waals surface area contributed by atoms with Crippen LogP contribution in [0.1, 0.15) is 25.7 Å². The van der Waals surface area contributed by atoms with Crippen LogP contribution in [-0.4, -0.2) is 52.3 Å². The van der Waals surface area contributed by atoms with Crippen LogP contribution in [0.2, 0.25) is 5.02 Å². The SMILES string of the molecule is O=C(O)CCCC#CCN1C(=O)C[C@@H]1/C=C/C(O)COc1sc2ccccc2c1Cl. The molecule has 0 spiro atoms. The predicted molar refractivity (Wildman–Crippen MR) is 117 cm³/mol. The highest BCUT2D eigenvalue weighted by atomic mass is 35.5. The van der Waals surface area contributed by atoms with Gasteiger partial charge in [0.2, 0.25) is 5.91 Å². The number of likely N-dealkylation sites (tertiary alicyclic amines) is 1. The second-order valence-electron chi connectivity index (χ2n) is 6.86. The number of aliphatic hydroxyl groups excluding tert-OH is 1. The van der Waals surface area contributed by atoms with E-state index in [1.807, 2.05) is 24.3 Å². The van der Waals surface area contributed by atoms with Gasteiger partial charge in [-0.3, -0.25) is 9.59 Å². The summed E-state index contributed by atoms with van der Waals surface area (Å²) in [5, 5.41) is 20.8. The molecule has 2 N–H and O–H groups in total. The van der Waals surface area contributed by atoms with Crippen molar-refractivity contribution in [2.45, 2.75) is 37.8 Å². The average molecular weight is 448 g/mol. The molecule has 8 heteroatoms. The summed E-state index contributed by atoms with van der Waals surface area (Å²) in [7, 11) is 0. The van der Waals surface area contributed by atoms with Gasteiger partial charge in [0.15, 0.2) is 5.06 Å². The Bertz CT molecular complexity index is 1010. The zero-order valence-electron chi connectivity index (χ0n) is 16.2. The Morgan fingerprint density at radius 2 is 2.20 bits per heavy atom. The highest BCUT2D eigenvalue weighted by Crippen LogP contribution is 2.41. The molecule has 2 atom stereocenters. The zero-order valence-corrected chi connectivity index (χ0v) is 17.8. The normalized spacial score (nSPS) is 16.9. The van der Waals surface area contributed by atoms with Crippen molar-refractivity contribution in [1.29, 1.82) is 0 Å². The Morgan fingerprint density at radius 3 is 2.93 bits per heavy atom. The summed E-state index contributed by atoms with van der Waals surface area (Å²) < 4.78 is 6.70. The standard InChI is InChI=1S/C22H22ClNO5S/c23-21-17-7-4-5-8-18(17)30-22(21)29-14-16(25)11-10-15-13-19(26)24(15)12-6-2-1-3-9-20(27)28/h4-5,7-8,10-11,15-16,25H,1,3,9,12-14H2,(H,27,28)/b11-10+/t15-,16?/m0/s1. The molecule has 2 aromatic rings. The Labute approximate surface area is 183 Å². The van der Waals surface area contributed by atoms with E-state index in [0.717, 1.165) is 10.1 Å². The maximum absolute atomic E-state index is 11.8. The number of β-lactam (4-membered cyclic amide) rings is 1. The molecule has 0 aliphatic carbocycles. The van der Waals surface area contributed by atoms with Gasteiger partial charge in [0.1, 0.15) is 17.7 Å².